The van der Waals surface area contributed by atoms with Crippen LogP contribution in [0.15, 0.2) is 12.1 Å². The number of likely N-dealkylation sites (tertiary alicyclic amines) is 1. The lowest BCUT2D eigenvalue weighted by molar-refractivity contribution is -0.141. The van der Waals surface area contributed by atoms with Crippen LogP contribution in [0.5, 0.6) is 0 Å². The van der Waals surface area contributed by atoms with Gasteiger partial charge in [0.05, 0.1) is 6.04 Å². The fourth-order valence-electron chi connectivity index (χ4n) is 3.94. The number of hydrogen-bond donors (Lipinski definition) is 0. The minimum atomic E-state index is 0.000134. The molecule has 0 aliphatic carbocycles. The molecule has 3 heterocycles. The molecule has 2 fully saturated rings. The Morgan fingerprint density at radius 2 is 1.72 bits per heavy atom. The first kappa shape index (κ1) is 18.9. The van der Waals surface area contributed by atoms with Gasteiger partial charge in [-0.15, -0.1) is 11.3 Å². The normalized spacial score (nSPS) is 23.6. The molecule has 140 valence electrons. The molecule has 25 heavy (non-hydrogen) atoms. The molecule has 0 spiro atoms. The van der Waals surface area contributed by atoms with Gasteiger partial charge < -0.3 is 4.90 Å². The summed E-state index contributed by atoms with van der Waals surface area (Å²) in [5.74, 6) is 0.836. The fourth-order valence-corrected chi connectivity index (χ4v) is 5.03. The number of piperidine rings is 1. The summed E-state index contributed by atoms with van der Waals surface area (Å²) in [6.07, 6.45) is 4.08. The van der Waals surface area contributed by atoms with Crippen LogP contribution in [0.1, 0.15) is 49.8 Å². The summed E-state index contributed by atoms with van der Waals surface area (Å²) < 4.78 is 0. The highest BCUT2D eigenvalue weighted by atomic mass is 32.1. The molecule has 2 saturated heterocycles. The van der Waals surface area contributed by atoms with Crippen LogP contribution in [-0.2, 0) is 17.9 Å². The second kappa shape index (κ2) is 8.65. The van der Waals surface area contributed by atoms with Crippen LogP contribution in [0.2, 0.25) is 0 Å². The number of rotatable bonds is 6. The van der Waals surface area contributed by atoms with Crippen molar-refractivity contribution in [3.8, 4) is 0 Å². The number of carbonyl (C=O) groups excluding carboxylic acids is 1. The molecule has 0 bridgehead atoms. The zero-order valence-corrected chi connectivity index (χ0v) is 16.9. The Morgan fingerprint density at radius 3 is 2.40 bits per heavy atom. The average Bonchev–Trinajstić information content (AvgIpc) is 3.02. The summed E-state index contributed by atoms with van der Waals surface area (Å²) in [5.41, 5.74) is 0. The maximum Gasteiger partial charge on any atom is 0.239 e. The number of hydrogen-bond acceptors (Lipinski definition) is 4. The zero-order chi connectivity index (χ0) is 17.8. The summed E-state index contributed by atoms with van der Waals surface area (Å²) >= 11 is 1.93. The van der Waals surface area contributed by atoms with Gasteiger partial charge >= 0.3 is 0 Å². The molecule has 2 aliphatic rings. The molecule has 1 atom stereocenters. The van der Waals surface area contributed by atoms with Gasteiger partial charge in [0.1, 0.15) is 0 Å². The van der Waals surface area contributed by atoms with Crippen molar-refractivity contribution < 1.29 is 4.79 Å². The Morgan fingerprint density at radius 1 is 1.04 bits per heavy atom. The van der Waals surface area contributed by atoms with Gasteiger partial charge in [-0.25, -0.2) is 0 Å². The van der Waals surface area contributed by atoms with E-state index in [0.717, 1.165) is 32.7 Å². The second-order valence-corrected chi connectivity index (χ2v) is 9.28. The molecule has 1 aromatic rings. The first-order valence-corrected chi connectivity index (χ1v) is 10.7. The summed E-state index contributed by atoms with van der Waals surface area (Å²) in [5, 5.41) is 0. The fraction of sp³-hybridized carbons (Fsp3) is 0.750. The molecule has 0 radical (unpaired) electrons. The van der Waals surface area contributed by atoms with Crippen LogP contribution < -0.4 is 0 Å². The summed E-state index contributed by atoms with van der Waals surface area (Å²) in [4.78, 5) is 22.4. The molecule has 1 aromatic heterocycles. The summed E-state index contributed by atoms with van der Waals surface area (Å²) in [7, 11) is 0. The van der Waals surface area contributed by atoms with E-state index in [1.807, 2.05) is 16.2 Å². The number of thiophene rings is 1. The first-order valence-electron chi connectivity index (χ1n) is 9.85. The smallest absolute Gasteiger partial charge is 0.239 e. The van der Waals surface area contributed by atoms with Gasteiger partial charge in [0.15, 0.2) is 0 Å². The molecule has 2 aliphatic heterocycles. The molecular weight excluding hydrogens is 330 g/mol. The molecule has 0 saturated carbocycles. The summed E-state index contributed by atoms with van der Waals surface area (Å²) in [6.45, 7) is 13.7. The highest BCUT2D eigenvalue weighted by Crippen LogP contribution is 2.24. The number of amides is 1. The van der Waals surface area contributed by atoms with Crippen LogP contribution in [0.25, 0.3) is 0 Å². The van der Waals surface area contributed by atoms with E-state index in [2.05, 4.69) is 42.7 Å². The lowest BCUT2D eigenvalue weighted by Crippen LogP contribution is -2.55. The Labute approximate surface area is 156 Å². The maximum atomic E-state index is 12.6. The monoisotopic (exact) mass is 363 g/mol. The highest BCUT2D eigenvalue weighted by Gasteiger charge is 2.31. The van der Waals surface area contributed by atoms with Gasteiger partial charge in [0.2, 0.25) is 5.91 Å². The molecule has 0 N–H and O–H groups in total. The van der Waals surface area contributed by atoms with Crippen molar-refractivity contribution in [3.63, 3.8) is 0 Å². The minimum Gasteiger partial charge on any atom is -0.340 e. The van der Waals surface area contributed by atoms with Crippen molar-refractivity contribution in [3.05, 3.63) is 21.9 Å². The van der Waals surface area contributed by atoms with E-state index < -0.39 is 0 Å². The molecule has 4 nitrogen and oxygen atoms in total. The zero-order valence-electron chi connectivity index (χ0n) is 16.0. The highest BCUT2D eigenvalue weighted by molar-refractivity contribution is 7.11. The quantitative estimate of drug-likeness (QED) is 0.775. The second-order valence-electron chi connectivity index (χ2n) is 8.03. The van der Waals surface area contributed by atoms with Gasteiger partial charge in [-0.1, -0.05) is 20.3 Å². The molecule has 3 rings (SSSR count). The Hall–Kier alpha value is -0.910. The van der Waals surface area contributed by atoms with Crippen LogP contribution in [0.3, 0.4) is 0 Å². The van der Waals surface area contributed by atoms with Gasteiger partial charge in [-0.2, -0.15) is 0 Å². The Kier molecular flexibility index (Phi) is 6.53. The third-order valence-electron chi connectivity index (χ3n) is 5.36. The predicted octanol–water partition coefficient (Wildman–Crippen LogP) is 3.42. The van der Waals surface area contributed by atoms with Gasteiger partial charge in [-0.3, -0.25) is 14.6 Å². The minimum absolute atomic E-state index is 0.000134. The third-order valence-corrected chi connectivity index (χ3v) is 6.42. The van der Waals surface area contributed by atoms with Crippen LogP contribution >= 0.6 is 11.3 Å². The van der Waals surface area contributed by atoms with Crippen molar-refractivity contribution in [2.45, 2.75) is 59.2 Å². The molecule has 1 amide bonds. The lowest BCUT2D eigenvalue weighted by Gasteiger charge is -2.39. The van der Waals surface area contributed by atoms with E-state index in [9.17, 15) is 4.79 Å². The van der Waals surface area contributed by atoms with Crippen molar-refractivity contribution in [1.82, 2.24) is 14.7 Å². The van der Waals surface area contributed by atoms with Crippen molar-refractivity contribution in [1.29, 1.82) is 0 Å². The topological polar surface area (TPSA) is 26.8 Å². The van der Waals surface area contributed by atoms with Crippen molar-refractivity contribution >= 4 is 17.2 Å². The van der Waals surface area contributed by atoms with Gasteiger partial charge in [-0.05, 0) is 50.9 Å². The molecular formula is C20H33N3OS. The van der Waals surface area contributed by atoms with Crippen LogP contribution in [0, 0.1) is 5.92 Å². The number of carbonyl (C=O) groups is 1. The van der Waals surface area contributed by atoms with E-state index in [1.165, 1.54) is 42.1 Å². The van der Waals surface area contributed by atoms with Gasteiger partial charge in [0.25, 0.3) is 0 Å². The van der Waals surface area contributed by atoms with E-state index >= 15 is 0 Å². The Balaban J connectivity index is 1.53. The van der Waals surface area contributed by atoms with E-state index in [1.54, 1.807) is 0 Å². The first-order chi connectivity index (χ1) is 12.0. The molecule has 0 aromatic carbocycles. The standard InChI is InChI=1S/C20H33N3OS/c1-16(2)13-23-12-11-22(17(3)20(23)24)15-19-8-7-18(25-19)14-21-9-5-4-6-10-21/h7-8,16-17H,4-6,9-15H2,1-3H3/t17-/m0/s1. The number of nitrogens with zero attached hydrogens (tertiary/aromatic N) is 3. The van der Waals surface area contributed by atoms with E-state index in [-0.39, 0.29) is 6.04 Å². The SMILES string of the molecule is CC(C)CN1CCN(Cc2ccc(CN3CCCCC3)s2)[C@@H](C)C1=O. The summed E-state index contributed by atoms with van der Waals surface area (Å²) in [6, 6.07) is 4.55. The van der Waals surface area contributed by atoms with Crippen molar-refractivity contribution in [2.24, 2.45) is 5.92 Å². The maximum absolute atomic E-state index is 12.6. The van der Waals surface area contributed by atoms with Crippen LogP contribution in [-0.4, -0.2) is 59.4 Å². The van der Waals surface area contributed by atoms with Crippen molar-refractivity contribution in [2.75, 3.05) is 32.7 Å². The van der Waals surface area contributed by atoms with Gasteiger partial charge in [0, 0.05) is 42.5 Å². The molecule has 0 unspecified atom stereocenters. The lowest BCUT2D eigenvalue weighted by atomic mass is 10.1. The van der Waals surface area contributed by atoms with Crippen LogP contribution in [0.4, 0.5) is 0 Å². The predicted molar refractivity (Wildman–Crippen MR) is 105 cm³/mol. The number of piperazine rings is 1. The average molecular weight is 364 g/mol. The molecule has 5 heteroatoms. The van der Waals surface area contributed by atoms with E-state index in [0.29, 0.717) is 11.8 Å². The van der Waals surface area contributed by atoms with E-state index in [4.69, 9.17) is 0 Å². The third kappa shape index (κ3) is 5.05. The Bertz CT molecular complexity index is 565. The largest absolute Gasteiger partial charge is 0.340 e.